The third kappa shape index (κ3) is 3.35. The first-order chi connectivity index (χ1) is 7.25. The summed E-state index contributed by atoms with van der Waals surface area (Å²) in [6.07, 6.45) is 3.94. The summed E-state index contributed by atoms with van der Waals surface area (Å²) in [5.74, 6) is 0.878. The lowest BCUT2D eigenvalue weighted by Crippen LogP contribution is -2.24. The Labute approximate surface area is 92.9 Å². The van der Waals surface area contributed by atoms with E-state index in [2.05, 4.69) is 43.4 Å². The molecule has 1 aromatic carbocycles. The monoisotopic (exact) mass is 203 g/mol. The highest BCUT2D eigenvalue weighted by molar-refractivity contribution is 5.29. The van der Waals surface area contributed by atoms with E-state index in [9.17, 15) is 0 Å². The van der Waals surface area contributed by atoms with Crippen molar-refractivity contribution in [3.05, 3.63) is 35.4 Å². The highest BCUT2D eigenvalue weighted by Crippen LogP contribution is 2.40. The van der Waals surface area contributed by atoms with Gasteiger partial charge in [-0.15, -0.1) is 0 Å². The van der Waals surface area contributed by atoms with Gasteiger partial charge in [-0.3, -0.25) is 0 Å². The van der Waals surface area contributed by atoms with Crippen molar-refractivity contribution in [1.82, 2.24) is 5.32 Å². The molecule has 0 radical (unpaired) electrons. The average Bonchev–Trinajstić information content (AvgIpc) is 3.01. The molecule has 0 spiro atoms. The quantitative estimate of drug-likeness (QED) is 0.775. The van der Waals surface area contributed by atoms with Crippen molar-refractivity contribution < 1.29 is 0 Å². The minimum absolute atomic E-state index is 0.594. The zero-order valence-electron chi connectivity index (χ0n) is 9.79. The molecular formula is C14H21N. The Bertz CT molecular complexity index is 313. The van der Waals surface area contributed by atoms with Crippen LogP contribution in [-0.4, -0.2) is 12.6 Å². The van der Waals surface area contributed by atoms with Crippen molar-refractivity contribution >= 4 is 0 Å². The Balaban J connectivity index is 1.87. The average molecular weight is 203 g/mol. The van der Waals surface area contributed by atoms with Crippen LogP contribution < -0.4 is 5.32 Å². The Hall–Kier alpha value is -0.820. The predicted octanol–water partition coefficient (Wildman–Crippen LogP) is 3.10. The SMILES string of the molecule is CC(C)NCCc1cccc(C2CC2)c1. The fourth-order valence-electron chi connectivity index (χ4n) is 1.92. The van der Waals surface area contributed by atoms with Gasteiger partial charge in [0, 0.05) is 6.04 Å². The van der Waals surface area contributed by atoms with E-state index < -0.39 is 0 Å². The summed E-state index contributed by atoms with van der Waals surface area (Å²) >= 11 is 0. The minimum atomic E-state index is 0.594. The van der Waals surface area contributed by atoms with Gasteiger partial charge in [-0.2, -0.15) is 0 Å². The zero-order chi connectivity index (χ0) is 10.7. The van der Waals surface area contributed by atoms with Gasteiger partial charge in [0.05, 0.1) is 0 Å². The molecule has 15 heavy (non-hydrogen) atoms. The fraction of sp³-hybridized carbons (Fsp3) is 0.571. The molecule has 0 unspecified atom stereocenters. The number of hydrogen-bond acceptors (Lipinski definition) is 1. The molecule has 1 fully saturated rings. The molecule has 82 valence electrons. The molecule has 1 aromatic rings. The normalized spacial score (nSPS) is 15.9. The molecule has 1 aliphatic rings. The molecule has 2 rings (SSSR count). The molecule has 1 heteroatoms. The molecule has 0 saturated heterocycles. The van der Waals surface area contributed by atoms with Crippen molar-refractivity contribution in [3.8, 4) is 0 Å². The van der Waals surface area contributed by atoms with Gasteiger partial charge in [-0.25, -0.2) is 0 Å². The van der Waals surface area contributed by atoms with E-state index in [1.807, 2.05) is 0 Å². The Kier molecular flexibility index (Phi) is 3.42. The second kappa shape index (κ2) is 4.80. The van der Waals surface area contributed by atoms with Crippen molar-refractivity contribution in [3.63, 3.8) is 0 Å². The topological polar surface area (TPSA) is 12.0 Å². The van der Waals surface area contributed by atoms with Crippen molar-refractivity contribution in [2.75, 3.05) is 6.54 Å². The van der Waals surface area contributed by atoms with Gasteiger partial charge >= 0.3 is 0 Å². The third-order valence-corrected chi connectivity index (χ3v) is 2.97. The molecule has 0 aliphatic heterocycles. The lowest BCUT2D eigenvalue weighted by Gasteiger charge is -2.08. The van der Waals surface area contributed by atoms with Crippen LogP contribution >= 0.6 is 0 Å². The van der Waals surface area contributed by atoms with Crippen LogP contribution in [0.3, 0.4) is 0 Å². The molecule has 1 N–H and O–H groups in total. The molecule has 0 heterocycles. The summed E-state index contributed by atoms with van der Waals surface area (Å²) in [5.41, 5.74) is 3.03. The van der Waals surface area contributed by atoms with Gasteiger partial charge in [0.1, 0.15) is 0 Å². The molecular weight excluding hydrogens is 182 g/mol. The van der Waals surface area contributed by atoms with E-state index in [-0.39, 0.29) is 0 Å². The molecule has 0 aromatic heterocycles. The van der Waals surface area contributed by atoms with E-state index in [1.165, 1.54) is 18.4 Å². The lowest BCUT2D eigenvalue weighted by atomic mass is 10.1. The highest BCUT2D eigenvalue weighted by atomic mass is 14.9. The number of benzene rings is 1. The minimum Gasteiger partial charge on any atom is -0.314 e. The summed E-state index contributed by atoms with van der Waals surface area (Å²) in [4.78, 5) is 0. The summed E-state index contributed by atoms with van der Waals surface area (Å²) in [6.45, 7) is 5.48. The van der Waals surface area contributed by atoms with Crippen LogP contribution in [-0.2, 0) is 6.42 Å². The fourth-order valence-corrected chi connectivity index (χ4v) is 1.92. The molecule has 0 amide bonds. The predicted molar refractivity (Wildman–Crippen MR) is 65.3 cm³/mol. The summed E-state index contributed by atoms with van der Waals surface area (Å²) in [6, 6.07) is 9.71. The zero-order valence-corrected chi connectivity index (χ0v) is 9.79. The first-order valence-corrected chi connectivity index (χ1v) is 6.08. The van der Waals surface area contributed by atoms with Crippen LogP contribution in [0.1, 0.15) is 43.7 Å². The van der Waals surface area contributed by atoms with Crippen LogP contribution in [0.2, 0.25) is 0 Å². The smallest absolute Gasteiger partial charge is 0.00105 e. The second-order valence-corrected chi connectivity index (χ2v) is 4.88. The molecule has 0 bridgehead atoms. The largest absolute Gasteiger partial charge is 0.314 e. The maximum Gasteiger partial charge on any atom is 0.00105 e. The highest BCUT2D eigenvalue weighted by Gasteiger charge is 2.23. The number of hydrogen-bond donors (Lipinski definition) is 1. The van der Waals surface area contributed by atoms with Crippen molar-refractivity contribution in [2.45, 2.75) is 45.1 Å². The maximum atomic E-state index is 3.46. The Morgan fingerprint density at radius 2 is 2.13 bits per heavy atom. The van der Waals surface area contributed by atoms with Gasteiger partial charge < -0.3 is 5.32 Å². The summed E-state index contributed by atoms with van der Waals surface area (Å²) < 4.78 is 0. The van der Waals surface area contributed by atoms with Crippen LogP contribution in [0.4, 0.5) is 0 Å². The van der Waals surface area contributed by atoms with Gasteiger partial charge in [0.2, 0.25) is 0 Å². The molecule has 0 atom stereocenters. The Morgan fingerprint density at radius 3 is 2.80 bits per heavy atom. The van der Waals surface area contributed by atoms with E-state index in [0.717, 1.165) is 18.9 Å². The molecule has 1 aliphatic carbocycles. The second-order valence-electron chi connectivity index (χ2n) is 4.88. The van der Waals surface area contributed by atoms with E-state index in [4.69, 9.17) is 0 Å². The molecule has 1 saturated carbocycles. The van der Waals surface area contributed by atoms with Gasteiger partial charge in [0.25, 0.3) is 0 Å². The van der Waals surface area contributed by atoms with Gasteiger partial charge in [-0.1, -0.05) is 38.1 Å². The number of rotatable bonds is 5. The lowest BCUT2D eigenvalue weighted by molar-refractivity contribution is 0.590. The van der Waals surface area contributed by atoms with Crippen LogP contribution in [0.25, 0.3) is 0 Å². The van der Waals surface area contributed by atoms with Gasteiger partial charge in [0.15, 0.2) is 0 Å². The van der Waals surface area contributed by atoms with Crippen molar-refractivity contribution in [1.29, 1.82) is 0 Å². The Morgan fingerprint density at radius 1 is 1.33 bits per heavy atom. The van der Waals surface area contributed by atoms with Crippen LogP contribution in [0.5, 0.6) is 0 Å². The maximum absolute atomic E-state index is 3.46. The molecule has 1 nitrogen and oxygen atoms in total. The third-order valence-electron chi connectivity index (χ3n) is 2.97. The van der Waals surface area contributed by atoms with Crippen molar-refractivity contribution in [2.24, 2.45) is 0 Å². The van der Waals surface area contributed by atoms with E-state index in [0.29, 0.717) is 6.04 Å². The van der Waals surface area contributed by atoms with E-state index >= 15 is 0 Å². The standard InChI is InChI=1S/C14H21N/c1-11(2)15-9-8-12-4-3-5-14(10-12)13-6-7-13/h3-5,10-11,13,15H,6-9H2,1-2H3. The first kappa shape index (κ1) is 10.7. The van der Waals surface area contributed by atoms with Crippen LogP contribution in [0, 0.1) is 0 Å². The summed E-state index contributed by atoms with van der Waals surface area (Å²) in [7, 11) is 0. The number of nitrogens with one attached hydrogen (secondary N) is 1. The summed E-state index contributed by atoms with van der Waals surface area (Å²) in [5, 5.41) is 3.46. The first-order valence-electron chi connectivity index (χ1n) is 6.08. The van der Waals surface area contributed by atoms with Crippen LogP contribution in [0.15, 0.2) is 24.3 Å². The van der Waals surface area contributed by atoms with E-state index in [1.54, 1.807) is 5.56 Å². The van der Waals surface area contributed by atoms with Gasteiger partial charge in [-0.05, 0) is 42.9 Å².